The van der Waals surface area contributed by atoms with Crippen molar-refractivity contribution in [3.05, 3.63) is 59.7 Å². The molecule has 1 atom stereocenters. The Kier molecular flexibility index (Phi) is 5.56. The molecule has 1 aliphatic rings. The van der Waals surface area contributed by atoms with Crippen molar-refractivity contribution in [2.24, 2.45) is 0 Å². The summed E-state index contributed by atoms with van der Waals surface area (Å²) >= 11 is 0. The van der Waals surface area contributed by atoms with Crippen molar-refractivity contribution < 1.29 is 9.90 Å². The van der Waals surface area contributed by atoms with Crippen LogP contribution in [0.2, 0.25) is 0 Å². The molecule has 132 valence electrons. The van der Waals surface area contributed by atoms with Gasteiger partial charge in [0, 0.05) is 24.5 Å². The lowest BCUT2D eigenvalue weighted by molar-refractivity contribution is 0.222. The predicted molar refractivity (Wildman–Crippen MR) is 101 cm³/mol. The van der Waals surface area contributed by atoms with Gasteiger partial charge in [0.15, 0.2) is 0 Å². The molecule has 2 amide bonds. The number of urea groups is 1. The van der Waals surface area contributed by atoms with E-state index >= 15 is 0 Å². The van der Waals surface area contributed by atoms with Crippen molar-refractivity contribution in [3.8, 4) is 0 Å². The molecule has 5 nitrogen and oxygen atoms in total. The van der Waals surface area contributed by atoms with Gasteiger partial charge in [-0.15, -0.1) is 0 Å². The fourth-order valence-electron chi connectivity index (χ4n) is 3.18. The number of aliphatic hydroxyl groups is 1. The minimum atomic E-state index is -0.282. The Morgan fingerprint density at radius 2 is 1.96 bits per heavy atom. The average molecular weight is 339 g/mol. The number of aliphatic hydroxyl groups excluding tert-OH is 1. The first-order valence-electron chi connectivity index (χ1n) is 8.80. The molecule has 2 aromatic rings. The number of hydrogen-bond acceptors (Lipinski definition) is 3. The normalized spacial score (nSPS) is 14.1. The Morgan fingerprint density at radius 3 is 2.76 bits per heavy atom. The standard InChI is InChI=1S/C20H25N3O2/c1-2-17(14-24)21-20(25)22-18-9-5-3-8-16(18)13-23-12-11-15-7-4-6-10-19(15)23/h3-10,17,24H,2,11-14H2,1H3,(H2,21,22,25). The Balaban J connectivity index is 1.71. The van der Waals surface area contributed by atoms with Gasteiger partial charge in [0.1, 0.15) is 0 Å². The van der Waals surface area contributed by atoms with Crippen molar-refractivity contribution in [2.75, 3.05) is 23.4 Å². The van der Waals surface area contributed by atoms with Crippen LogP contribution in [0.25, 0.3) is 0 Å². The molecule has 3 N–H and O–H groups in total. The highest BCUT2D eigenvalue weighted by atomic mass is 16.3. The summed E-state index contributed by atoms with van der Waals surface area (Å²) in [5.41, 5.74) is 4.52. The van der Waals surface area contributed by atoms with Crippen LogP contribution in [-0.2, 0) is 13.0 Å². The van der Waals surface area contributed by atoms with Crippen molar-refractivity contribution in [2.45, 2.75) is 32.4 Å². The van der Waals surface area contributed by atoms with Crippen LogP contribution >= 0.6 is 0 Å². The highest BCUT2D eigenvalue weighted by Gasteiger charge is 2.19. The molecule has 0 radical (unpaired) electrons. The van der Waals surface area contributed by atoms with Gasteiger partial charge in [0.25, 0.3) is 0 Å². The van der Waals surface area contributed by atoms with E-state index in [0.29, 0.717) is 6.42 Å². The fourth-order valence-corrected chi connectivity index (χ4v) is 3.18. The van der Waals surface area contributed by atoms with Crippen LogP contribution in [-0.4, -0.2) is 30.3 Å². The Morgan fingerprint density at radius 1 is 1.20 bits per heavy atom. The lowest BCUT2D eigenvalue weighted by Crippen LogP contribution is -2.40. The average Bonchev–Trinajstić information content (AvgIpc) is 3.04. The summed E-state index contributed by atoms with van der Waals surface area (Å²) in [6, 6.07) is 15.8. The smallest absolute Gasteiger partial charge is 0.319 e. The molecule has 1 unspecified atom stereocenters. The second kappa shape index (κ2) is 8.03. The fraction of sp³-hybridized carbons (Fsp3) is 0.350. The number of anilines is 2. The van der Waals surface area contributed by atoms with Crippen LogP contribution in [0, 0.1) is 0 Å². The first-order chi connectivity index (χ1) is 12.2. The van der Waals surface area contributed by atoms with E-state index in [2.05, 4.69) is 39.8 Å². The predicted octanol–water partition coefficient (Wildman–Crippen LogP) is 3.14. The number of nitrogens with zero attached hydrogens (tertiary/aromatic N) is 1. The van der Waals surface area contributed by atoms with Gasteiger partial charge in [-0.2, -0.15) is 0 Å². The molecule has 0 aromatic heterocycles. The van der Waals surface area contributed by atoms with Gasteiger partial charge in [0.2, 0.25) is 0 Å². The van der Waals surface area contributed by atoms with Gasteiger partial charge >= 0.3 is 6.03 Å². The Labute approximate surface area is 148 Å². The third-order valence-electron chi connectivity index (χ3n) is 4.66. The molecular formula is C20H25N3O2. The third-order valence-corrected chi connectivity index (χ3v) is 4.66. The summed E-state index contributed by atoms with van der Waals surface area (Å²) in [6.07, 6.45) is 1.75. The molecule has 25 heavy (non-hydrogen) atoms. The van der Waals surface area contributed by atoms with Crippen molar-refractivity contribution >= 4 is 17.4 Å². The zero-order valence-electron chi connectivity index (χ0n) is 14.5. The molecule has 1 aliphatic heterocycles. The number of amides is 2. The number of rotatable bonds is 6. The van der Waals surface area contributed by atoms with E-state index in [-0.39, 0.29) is 18.7 Å². The Hall–Kier alpha value is -2.53. The highest BCUT2D eigenvalue weighted by molar-refractivity contribution is 5.90. The van der Waals surface area contributed by atoms with E-state index in [1.54, 1.807) is 0 Å². The molecule has 0 bridgehead atoms. The van der Waals surface area contributed by atoms with Crippen LogP contribution in [0.5, 0.6) is 0 Å². The number of carbonyl (C=O) groups excluding carboxylic acids is 1. The first kappa shape index (κ1) is 17.3. The van der Waals surface area contributed by atoms with E-state index in [4.69, 9.17) is 0 Å². The van der Waals surface area contributed by atoms with Gasteiger partial charge in [-0.3, -0.25) is 0 Å². The van der Waals surface area contributed by atoms with Crippen LogP contribution in [0.15, 0.2) is 48.5 Å². The van der Waals surface area contributed by atoms with E-state index in [1.807, 2.05) is 31.2 Å². The molecule has 2 aromatic carbocycles. The number of nitrogens with one attached hydrogen (secondary N) is 2. The summed E-state index contributed by atoms with van der Waals surface area (Å²) in [6.45, 7) is 3.61. The number of fused-ring (bicyclic) bond motifs is 1. The molecular weight excluding hydrogens is 314 g/mol. The molecule has 0 fully saturated rings. The maximum Gasteiger partial charge on any atom is 0.319 e. The summed E-state index contributed by atoms with van der Waals surface area (Å²) in [5.74, 6) is 0. The van der Waals surface area contributed by atoms with E-state index in [1.165, 1.54) is 11.3 Å². The van der Waals surface area contributed by atoms with E-state index < -0.39 is 0 Å². The molecule has 0 aliphatic carbocycles. The minimum Gasteiger partial charge on any atom is -0.394 e. The summed E-state index contributed by atoms with van der Waals surface area (Å²) in [5, 5.41) is 14.9. The number of carbonyl (C=O) groups is 1. The van der Waals surface area contributed by atoms with Crippen molar-refractivity contribution in [1.29, 1.82) is 0 Å². The van der Waals surface area contributed by atoms with Gasteiger partial charge in [0.05, 0.1) is 12.6 Å². The zero-order valence-corrected chi connectivity index (χ0v) is 14.5. The molecule has 0 spiro atoms. The van der Waals surface area contributed by atoms with Crippen LogP contribution in [0.3, 0.4) is 0 Å². The number of benzene rings is 2. The maximum absolute atomic E-state index is 12.2. The summed E-state index contributed by atoms with van der Waals surface area (Å²) < 4.78 is 0. The number of hydrogen-bond donors (Lipinski definition) is 3. The molecule has 0 saturated carbocycles. The van der Waals surface area contributed by atoms with Crippen LogP contribution in [0.4, 0.5) is 16.2 Å². The van der Waals surface area contributed by atoms with Crippen molar-refractivity contribution in [3.63, 3.8) is 0 Å². The van der Waals surface area contributed by atoms with E-state index in [9.17, 15) is 9.90 Å². The second-order valence-electron chi connectivity index (χ2n) is 6.34. The highest BCUT2D eigenvalue weighted by Crippen LogP contribution is 2.30. The van der Waals surface area contributed by atoms with Gasteiger partial charge < -0.3 is 20.6 Å². The van der Waals surface area contributed by atoms with Gasteiger partial charge in [-0.25, -0.2) is 4.79 Å². The SMILES string of the molecule is CCC(CO)NC(=O)Nc1ccccc1CN1CCc2ccccc21. The quantitative estimate of drug-likeness (QED) is 0.757. The molecule has 1 heterocycles. The van der Waals surface area contributed by atoms with Crippen LogP contribution < -0.4 is 15.5 Å². The maximum atomic E-state index is 12.2. The Bertz CT molecular complexity index is 728. The lowest BCUT2D eigenvalue weighted by atomic mass is 10.1. The molecule has 0 saturated heterocycles. The third kappa shape index (κ3) is 4.12. The largest absolute Gasteiger partial charge is 0.394 e. The summed E-state index contributed by atoms with van der Waals surface area (Å²) in [4.78, 5) is 14.5. The number of para-hydroxylation sites is 2. The van der Waals surface area contributed by atoms with E-state index in [0.717, 1.165) is 30.8 Å². The zero-order chi connectivity index (χ0) is 17.6. The second-order valence-corrected chi connectivity index (χ2v) is 6.34. The summed E-state index contributed by atoms with van der Waals surface area (Å²) in [7, 11) is 0. The molecule has 5 heteroatoms. The van der Waals surface area contributed by atoms with Gasteiger partial charge in [-0.1, -0.05) is 43.3 Å². The molecule has 3 rings (SSSR count). The van der Waals surface area contributed by atoms with Gasteiger partial charge in [-0.05, 0) is 36.1 Å². The van der Waals surface area contributed by atoms with Crippen molar-refractivity contribution in [1.82, 2.24) is 5.32 Å². The minimum absolute atomic E-state index is 0.0594. The first-order valence-corrected chi connectivity index (χ1v) is 8.80. The topological polar surface area (TPSA) is 64.6 Å². The monoisotopic (exact) mass is 339 g/mol. The van der Waals surface area contributed by atoms with Crippen LogP contribution in [0.1, 0.15) is 24.5 Å². The lowest BCUT2D eigenvalue weighted by Gasteiger charge is -2.22.